The normalized spacial score (nSPS) is 11.4. The van der Waals surface area contributed by atoms with E-state index >= 15 is 0 Å². The van der Waals surface area contributed by atoms with Gasteiger partial charge < -0.3 is 0 Å². The van der Waals surface area contributed by atoms with E-state index in [1.807, 2.05) is 0 Å². The third-order valence-electron chi connectivity index (χ3n) is 2.83. The molecule has 0 saturated carbocycles. The van der Waals surface area contributed by atoms with Crippen molar-refractivity contribution in [1.29, 1.82) is 0 Å². The molecule has 0 radical (unpaired) electrons. The van der Waals surface area contributed by atoms with Crippen LogP contribution < -0.4 is 0 Å². The van der Waals surface area contributed by atoms with Gasteiger partial charge in [0.1, 0.15) is 0 Å². The Balaban J connectivity index is 3.66. The average Bonchev–Trinajstić information content (AvgIpc) is 2.43. The number of nitrogens with zero attached hydrogens (tertiary/aromatic N) is 1. The Morgan fingerprint density at radius 1 is 0.526 bits per heavy atom. The monoisotopic (exact) mass is 275 g/mol. The summed E-state index contributed by atoms with van der Waals surface area (Å²) in [7, 11) is 0. The highest BCUT2D eigenvalue weighted by molar-refractivity contribution is 4.36. The summed E-state index contributed by atoms with van der Waals surface area (Å²) in [5.74, 6) is 0. The van der Waals surface area contributed by atoms with Gasteiger partial charge in [-0.3, -0.25) is 14.5 Å². The van der Waals surface area contributed by atoms with E-state index in [0.717, 1.165) is 19.3 Å². The molecule has 0 atom stereocenters. The predicted molar refractivity (Wildman–Crippen MR) is 78.3 cm³/mol. The van der Waals surface area contributed by atoms with Gasteiger partial charge in [-0.2, -0.15) is 0 Å². The fourth-order valence-electron chi connectivity index (χ4n) is 1.59. The van der Waals surface area contributed by atoms with E-state index in [1.54, 1.807) is 0 Å². The molecule has 0 spiro atoms. The highest BCUT2D eigenvalue weighted by atomic mass is 17.2. The Bertz CT molecular complexity index is 139. The summed E-state index contributed by atoms with van der Waals surface area (Å²) in [6.07, 6.45) is 10.3. The molecule has 0 heterocycles. The average molecular weight is 275 g/mol. The van der Waals surface area contributed by atoms with Crippen molar-refractivity contribution in [3.8, 4) is 0 Å². The van der Waals surface area contributed by atoms with Crippen LogP contribution in [0.5, 0.6) is 0 Å². The Kier molecular flexibility index (Phi) is 15.8. The van der Waals surface area contributed by atoms with Crippen LogP contribution in [0.4, 0.5) is 0 Å². The van der Waals surface area contributed by atoms with Gasteiger partial charge in [0, 0.05) is 0 Å². The zero-order chi connectivity index (χ0) is 14.2. The molecule has 0 rings (SSSR count). The Morgan fingerprint density at radius 2 is 0.842 bits per heavy atom. The van der Waals surface area contributed by atoms with E-state index in [-0.39, 0.29) is 0 Å². The molecule has 116 valence electrons. The van der Waals surface area contributed by atoms with Gasteiger partial charge in [-0.05, 0) is 19.3 Å². The lowest BCUT2D eigenvalue weighted by Crippen LogP contribution is -2.26. The first-order valence-electron chi connectivity index (χ1n) is 8.04. The summed E-state index contributed by atoms with van der Waals surface area (Å²) in [6, 6.07) is 0. The lowest BCUT2D eigenvalue weighted by molar-refractivity contribution is -0.526. The first kappa shape index (κ1) is 18.8. The quantitative estimate of drug-likeness (QED) is 0.321. The molecule has 0 aromatic heterocycles. The Labute approximate surface area is 119 Å². The molecule has 0 fully saturated rings. The molecular weight excluding hydrogens is 242 g/mol. The largest absolute Gasteiger partial charge is 0.251 e. The van der Waals surface area contributed by atoms with Gasteiger partial charge in [0.2, 0.25) is 0 Å². The summed E-state index contributed by atoms with van der Waals surface area (Å²) in [4.78, 5) is 16.5. The topological polar surface area (TPSA) is 30.9 Å². The maximum atomic E-state index is 5.49. The first-order chi connectivity index (χ1) is 9.35. The van der Waals surface area contributed by atoms with E-state index in [0.29, 0.717) is 19.8 Å². The smallest absolute Gasteiger partial charge is 0.0766 e. The van der Waals surface area contributed by atoms with E-state index in [2.05, 4.69) is 20.8 Å². The van der Waals surface area contributed by atoms with Crippen LogP contribution in [-0.2, 0) is 14.5 Å². The molecule has 4 heteroatoms. The van der Waals surface area contributed by atoms with E-state index in [4.69, 9.17) is 14.5 Å². The maximum Gasteiger partial charge on any atom is 0.0766 e. The third-order valence-corrected chi connectivity index (χ3v) is 2.83. The molecule has 0 saturated heterocycles. The van der Waals surface area contributed by atoms with Crippen molar-refractivity contribution in [2.24, 2.45) is 0 Å². The van der Waals surface area contributed by atoms with Gasteiger partial charge in [0.25, 0.3) is 0 Å². The lowest BCUT2D eigenvalue weighted by atomic mass is 10.3. The summed E-state index contributed by atoms with van der Waals surface area (Å²) in [6.45, 7) is 8.53. The maximum absolute atomic E-state index is 5.49. The number of unbranched alkanes of at least 4 members (excludes halogenated alkanes) is 6. The lowest BCUT2D eigenvalue weighted by Gasteiger charge is -2.19. The Hall–Kier alpha value is -0.160. The fraction of sp³-hybridized carbons (Fsp3) is 1.00. The molecular formula is C15H33NO3. The van der Waals surface area contributed by atoms with E-state index in [9.17, 15) is 0 Å². The third kappa shape index (κ3) is 14.1. The van der Waals surface area contributed by atoms with Gasteiger partial charge in [-0.25, -0.2) is 0 Å². The molecule has 0 bridgehead atoms. The van der Waals surface area contributed by atoms with Crippen molar-refractivity contribution < 1.29 is 14.5 Å². The van der Waals surface area contributed by atoms with Crippen molar-refractivity contribution >= 4 is 0 Å². The molecule has 0 aliphatic rings. The minimum Gasteiger partial charge on any atom is -0.251 e. The molecule has 0 aliphatic carbocycles. The van der Waals surface area contributed by atoms with Crippen LogP contribution in [0.1, 0.15) is 78.6 Å². The van der Waals surface area contributed by atoms with Crippen molar-refractivity contribution in [1.82, 2.24) is 5.39 Å². The molecule has 0 amide bonds. The van der Waals surface area contributed by atoms with Crippen molar-refractivity contribution in [3.63, 3.8) is 0 Å². The summed E-state index contributed by atoms with van der Waals surface area (Å²) in [5, 5.41) is 1.24. The summed E-state index contributed by atoms with van der Waals surface area (Å²) in [5.41, 5.74) is 0. The molecule has 0 unspecified atom stereocenters. The molecule has 0 aromatic carbocycles. The molecule has 19 heavy (non-hydrogen) atoms. The Morgan fingerprint density at radius 3 is 1.11 bits per heavy atom. The van der Waals surface area contributed by atoms with Gasteiger partial charge >= 0.3 is 0 Å². The van der Waals surface area contributed by atoms with Crippen LogP contribution in [0.3, 0.4) is 0 Å². The molecule has 0 aliphatic heterocycles. The second-order valence-electron chi connectivity index (χ2n) is 4.84. The van der Waals surface area contributed by atoms with Crippen molar-refractivity contribution in [2.75, 3.05) is 19.8 Å². The number of hydrogen-bond acceptors (Lipinski definition) is 4. The van der Waals surface area contributed by atoms with Crippen molar-refractivity contribution in [2.45, 2.75) is 78.6 Å². The second kappa shape index (κ2) is 15.9. The second-order valence-corrected chi connectivity index (χ2v) is 4.84. The van der Waals surface area contributed by atoms with Crippen LogP contribution in [0, 0.1) is 0 Å². The van der Waals surface area contributed by atoms with Gasteiger partial charge in [-0.15, -0.1) is 0 Å². The van der Waals surface area contributed by atoms with Crippen molar-refractivity contribution in [3.05, 3.63) is 0 Å². The number of hydrogen-bond donors (Lipinski definition) is 0. The van der Waals surface area contributed by atoms with Gasteiger partial charge in [0.15, 0.2) is 0 Å². The zero-order valence-electron chi connectivity index (χ0n) is 13.2. The van der Waals surface area contributed by atoms with Crippen LogP contribution >= 0.6 is 0 Å². The van der Waals surface area contributed by atoms with Gasteiger partial charge in [-0.1, -0.05) is 59.3 Å². The standard InChI is InChI=1S/C15H33NO3/c1-4-7-10-13-17-16(18-14-11-8-5-2)19-15-12-9-6-3/h4-15H2,1-3H3. The van der Waals surface area contributed by atoms with E-state index < -0.39 is 0 Å². The minimum atomic E-state index is 0.662. The summed E-state index contributed by atoms with van der Waals surface area (Å²) >= 11 is 0. The van der Waals surface area contributed by atoms with Crippen LogP contribution in [0.25, 0.3) is 0 Å². The van der Waals surface area contributed by atoms with Crippen LogP contribution in [0.15, 0.2) is 0 Å². The summed E-state index contributed by atoms with van der Waals surface area (Å²) < 4.78 is 0. The molecule has 0 N–H and O–H groups in total. The predicted octanol–water partition coefficient (Wildman–Crippen LogP) is 4.65. The van der Waals surface area contributed by atoms with E-state index in [1.165, 1.54) is 43.9 Å². The highest BCUT2D eigenvalue weighted by Crippen LogP contribution is 2.04. The van der Waals surface area contributed by atoms with Gasteiger partial charge in [0.05, 0.1) is 25.2 Å². The number of rotatable bonds is 15. The minimum absolute atomic E-state index is 0.662. The zero-order valence-corrected chi connectivity index (χ0v) is 13.2. The first-order valence-corrected chi connectivity index (χ1v) is 8.04. The fourth-order valence-corrected chi connectivity index (χ4v) is 1.59. The SMILES string of the molecule is CCCCCON(OCCCCC)OCCCCC. The van der Waals surface area contributed by atoms with Crippen LogP contribution in [-0.4, -0.2) is 25.2 Å². The van der Waals surface area contributed by atoms with Crippen LogP contribution in [0.2, 0.25) is 0 Å². The highest BCUT2D eigenvalue weighted by Gasteiger charge is 2.06. The molecule has 0 aromatic rings. The molecule has 4 nitrogen and oxygen atoms in total.